The molecule has 0 aliphatic rings. The fourth-order valence-electron chi connectivity index (χ4n) is 2.47. The molecule has 7 nitrogen and oxygen atoms in total. The van der Waals surface area contributed by atoms with Gasteiger partial charge in [0, 0.05) is 18.1 Å². The van der Waals surface area contributed by atoms with Crippen LogP contribution < -0.4 is 5.32 Å². The number of anilines is 1. The van der Waals surface area contributed by atoms with Crippen LogP contribution in [0, 0.1) is 11.3 Å². The number of carbonyl (C=O) groups excluding carboxylic acids is 2. The van der Waals surface area contributed by atoms with Gasteiger partial charge in [0.15, 0.2) is 0 Å². The molecule has 0 amide bonds. The molecule has 2 rings (SSSR count). The van der Waals surface area contributed by atoms with Gasteiger partial charge in [-0.3, -0.25) is 0 Å². The summed E-state index contributed by atoms with van der Waals surface area (Å²) in [6, 6.07) is 12.6. The Morgan fingerprint density at radius 1 is 1.27 bits per heavy atom. The molecule has 7 heteroatoms. The fraction of sp³-hybridized carbons (Fsp3) is 0.211. The highest BCUT2D eigenvalue weighted by Crippen LogP contribution is 2.32. The Labute approximate surface area is 150 Å². The maximum Gasteiger partial charge on any atom is 0.343 e. The third kappa shape index (κ3) is 3.44. The summed E-state index contributed by atoms with van der Waals surface area (Å²) < 4.78 is 15.2. The van der Waals surface area contributed by atoms with Gasteiger partial charge in [-0.2, -0.15) is 5.26 Å². The lowest BCUT2D eigenvalue weighted by Crippen LogP contribution is -2.54. The third-order valence-electron chi connectivity index (χ3n) is 3.76. The molecule has 26 heavy (non-hydrogen) atoms. The quantitative estimate of drug-likeness (QED) is 0.463. The number of benzene rings is 1. The van der Waals surface area contributed by atoms with Gasteiger partial charge in [-0.25, -0.2) is 9.59 Å². The number of rotatable bonds is 7. The van der Waals surface area contributed by atoms with Crippen molar-refractivity contribution >= 4 is 17.8 Å². The first-order valence-corrected chi connectivity index (χ1v) is 7.67. The van der Waals surface area contributed by atoms with E-state index in [-0.39, 0.29) is 17.9 Å². The minimum absolute atomic E-state index is 0.0380. The SMILES string of the molecule is C=CCC(Nc1oc(-c2ccccc2)cc1C#N)(C(=O)OC)C(=O)OC. The number of nitriles is 1. The predicted molar refractivity (Wildman–Crippen MR) is 94.1 cm³/mol. The van der Waals surface area contributed by atoms with Gasteiger partial charge >= 0.3 is 11.9 Å². The monoisotopic (exact) mass is 354 g/mol. The Morgan fingerprint density at radius 2 is 1.88 bits per heavy atom. The number of nitrogens with zero attached hydrogens (tertiary/aromatic N) is 1. The van der Waals surface area contributed by atoms with E-state index < -0.39 is 17.5 Å². The van der Waals surface area contributed by atoms with Crippen LogP contribution in [0.4, 0.5) is 5.88 Å². The van der Waals surface area contributed by atoms with Crippen LogP contribution in [0.3, 0.4) is 0 Å². The summed E-state index contributed by atoms with van der Waals surface area (Å²) in [5.41, 5.74) is -1.05. The first-order chi connectivity index (χ1) is 12.5. The Bertz CT molecular complexity index is 833. The molecular formula is C19H18N2O5. The molecule has 0 unspecified atom stereocenters. The Morgan fingerprint density at radius 3 is 2.38 bits per heavy atom. The van der Waals surface area contributed by atoms with Crippen molar-refractivity contribution in [3.8, 4) is 17.4 Å². The molecule has 0 radical (unpaired) electrons. The van der Waals surface area contributed by atoms with Gasteiger partial charge in [0.05, 0.1) is 14.2 Å². The van der Waals surface area contributed by atoms with Gasteiger partial charge in [-0.05, 0) is 0 Å². The van der Waals surface area contributed by atoms with Crippen molar-refractivity contribution in [2.45, 2.75) is 12.0 Å². The van der Waals surface area contributed by atoms with E-state index in [9.17, 15) is 14.9 Å². The van der Waals surface area contributed by atoms with Crippen LogP contribution in [0.2, 0.25) is 0 Å². The van der Waals surface area contributed by atoms with Crippen LogP contribution in [0.15, 0.2) is 53.5 Å². The van der Waals surface area contributed by atoms with E-state index in [1.165, 1.54) is 12.1 Å². The summed E-state index contributed by atoms with van der Waals surface area (Å²) in [6.07, 6.45) is 1.24. The molecular weight excluding hydrogens is 336 g/mol. The van der Waals surface area contributed by atoms with E-state index in [2.05, 4.69) is 11.9 Å². The topological polar surface area (TPSA) is 102 Å². The molecule has 0 spiro atoms. The van der Waals surface area contributed by atoms with Crippen molar-refractivity contribution in [2.24, 2.45) is 0 Å². The Hall–Kier alpha value is -3.53. The molecule has 1 aromatic heterocycles. The summed E-state index contributed by atoms with van der Waals surface area (Å²) in [7, 11) is 2.29. The van der Waals surface area contributed by atoms with Crippen molar-refractivity contribution < 1.29 is 23.5 Å². The maximum atomic E-state index is 12.3. The highest BCUT2D eigenvalue weighted by molar-refractivity contribution is 6.08. The number of furan rings is 1. The van der Waals surface area contributed by atoms with Crippen LogP contribution in [0.1, 0.15) is 12.0 Å². The molecule has 0 atom stereocenters. The second kappa shape index (κ2) is 8.03. The normalized spacial score (nSPS) is 10.5. The van der Waals surface area contributed by atoms with Crippen LogP contribution in [0.25, 0.3) is 11.3 Å². The van der Waals surface area contributed by atoms with Crippen molar-refractivity contribution in [1.29, 1.82) is 5.26 Å². The Balaban J connectivity index is 2.53. The minimum Gasteiger partial charge on any atom is -0.467 e. The maximum absolute atomic E-state index is 12.3. The average molecular weight is 354 g/mol. The molecule has 134 valence electrons. The molecule has 0 saturated carbocycles. The molecule has 1 aromatic carbocycles. The van der Waals surface area contributed by atoms with E-state index in [0.717, 1.165) is 19.8 Å². The van der Waals surface area contributed by atoms with Gasteiger partial charge in [0.1, 0.15) is 17.4 Å². The van der Waals surface area contributed by atoms with Crippen LogP contribution in [-0.2, 0) is 19.1 Å². The molecule has 0 aliphatic heterocycles. The number of carbonyl (C=O) groups is 2. The first kappa shape index (κ1) is 18.8. The van der Waals surface area contributed by atoms with Crippen molar-refractivity contribution in [3.05, 3.63) is 54.6 Å². The van der Waals surface area contributed by atoms with Crippen LogP contribution in [0.5, 0.6) is 0 Å². The van der Waals surface area contributed by atoms with Gasteiger partial charge in [0.2, 0.25) is 11.4 Å². The number of nitrogens with one attached hydrogen (secondary N) is 1. The van der Waals surface area contributed by atoms with E-state index >= 15 is 0 Å². The number of ether oxygens (including phenoxy) is 2. The van der Waals surface area contributed by atoms with Crippen molar-refractivity contribution in [2.75, 3.05) is 19.5 Å². The smallest absolute Gasteiger partial charge is 0.343 e. The molecule has 0 aliphatic carbocycles. The lowest BCUT2D eigenvalue weighted by atomic mass is 9.95. The van der Waals surface area contributed by atoms with E-state index in [0.29, 0.717) is 5.76 Å². The summed E-state index contributed by atoms with van der Waals surface area (Å²) in [4.78, 5) is 24.7. The number of esters is 2. The fourth-order valence-corrected chi connectivity index (χ4v) is 2.47. The number of hydrogen-bond acceptors (Lipinski definition) is 7. The lowest BCUT2D eigenvalue weighted by molar-refractivity contribution is -0.159. The van der Waals surface area contributed by atoms with E-state index in [1.54, 1.807) is 12.1 Å². The molecule has 1 heterocycles. The highest BCUT2D eigenvalue weighted by atomic mass is 16.5. The predicted octanol–water partition coefficient (Wildman–Crippen LogP) is 2.89. The van der Waals surface area contributed by atoms with Gasteiger partial charge < -0.3 is 19.2 Å². The summed E-state index contributed by atoms with van der Waals surface area (Å²) in [5, 5.41) is 12.1. The zero-order valence-corrected chi connectivity index (χ0v) is 14.4. The molecule has 0 saturated heterocycles. The lowest BCUT2D eigenvalue weighted by Gasteiger charge is -2.27. The summed E-state index contributed by atoms with van der Waals surface area (Å²) in [6.45, 7) is 3.56. The molecule has 1 N–H and O–H groups in total. The minimum atomic E-state index is -1.91. The van der Waals surface area contributed by atoms with Gasteiger partial charge in [0.25, 0.3) is 0 Å². The zero-order chi connectivity index (χ0) is 19.2. The summed E-state index contributed by atoms with van der Waals surface area (Å²) in [5.74, 6) is -1.40. The van der Waals surface area contributed by atoms with Gasteiger partial charge in [-0.1, -0.05) is 36.4 Å². The highest BCUT2D eigenvalue weighted by Gasteiger charge is 2.49. The van der Waals surface area contributed by atoms with Crippen LogP contribution >= 0.6 is 0 Å². The van der Waals surface area contributed by atoms with E-state index in [1.807, 2.05) is 24.3 Å². The molecule has 2 aromatic rings. The molecule has 0 bridgehead atoms. The third-order valence-corrected chi connectivity index (χ3v) is 3.76. The van der Waals surface area contributed by atoms with Crippen LogP contribution in [-0.4, -0.2) is 31.7 Å². The number of methoxy groups -OCH3 is 2. The first-order valence-electron chi connectivity index (χ1n) is 7.67. The van der Waals surface area contributed by atoms with Crippen molar-refractivity contribution in [1.82, 2.24) is 0 Å². The van der Waals surface area contributed by atoms with E-state index in [4.69, 9.17) is 13.9 Å². The second-order valence-corrected chi connectivity index (χ2v) is 5.34. The largest absolute Gasteiger partial charge is 0.467 e. The molecule has 0 fully saturated rings. The standard InChI is InChI=1S/C19H18N2O5/c1-4-10-19(17(22)24-2,18(23)25-3)21-16-14(12-20)11-15(26-16)13-8-6-5-7-9-13/h4-9,11,21H,1,10H2,2-3H3. The number of hydrogen-bond donors (Lipinski definition) is 1. The zero-order valence-electron chi connectivity index (χ0n) is 14.4. The Kier molecular flexibility index (Phi) is 5.81. The second-order valence-electron chi connectivity index (χ2n) is 5.34. The average Bonchev–Trinajstić information content (AvgIpc) is 3.09. The van der Waals surface area contributed by atoms with Crippen molar-refractivity contribution in [3.63, 3.8) is 0 Å². The van der Waals surface area contributed by atoms with Gasteiger partial charge in [-0.15, -0.1) is 6.58 Å². The summed E-state index contributed by atoms with van der Waals surface area (Å²) >= 11 is 0.